The molecule has 0 atom stereocenters. The lowest BCUT2D eigenvalue weighted by Crippen LogP contribution is -2.30. The van der Waals surface area contributed by atoms with E-state index in [2.05, 4.69) is 0 Å². The van der Waals surface area contributed by atoms with Crippen molar-refractivity contribution in [3.8, 4) is 11.5 Å². The minimum absolute atomic E-state index is 0.207. The first kappa shape index (κ1) is 16.8. The summed E-state index contributed by atoms with van der Waals surface area (Å²) in [6.45, 7) is 4.78. The van der Waals surface area contributed by atoms with Gasteiger partial charge in [-0.2, -0.15) is 4.31 Å². The van der Waals surface area contributed by atoms with E-state index in [9.17, 15) is 8.42 Å². The number of hydrogen-bond acceptors (Lipinski definition) is 4. The first-order valence-corrected chi connectivity index (χ1v) is 9.46. The number of sulfonamides is 1. The van der Waals surface area contributed by atoms with Gasteiger partial charge in [0, 0.05) is 13.1 Å². The second-order valence-corrected chi connectivity index (χ2v) is 7.55. The summed E-state index contributed by atoms with van der Waals surface area (Å²) < 4.78 is 37.9. The Hall–Kier alpha value is -2.05. The van der Waals surface area contributed by atoms with E-state index in [4.69, 9.17) is 9.47 Å². The van der Waals surface area contributed by atoms with Crippen LogP contribution in [0.4, 0.5) is 0 Å². The molecule has 0 radical (unpaired) electrons. The van der Waals surface area contributed by atoms with Crippen molar-refractivity contribution in [1.29, 1.82) is 0 Å². The Morgan fingerprint density at radius 1 is 0.958 bits per heavy atom. The van der Waals surface area contributed by atoms with E-state index in [1.807, 2.05) is 44.2 Å². The molecule has 0 aliphatic carbocycles. The van der Waals surface area contributed by atoms with E-state index in [1.165, 1.54) is 4.31 Å². The Kier molecular flexibility index (Phi) is 4.78. The van der Waals surface area contributed by atoms with Gasteiger partial charge >= 0.3 is 0 Å². The molecule has 2 aromatic rings. The maximum Gasteiger partial charge on any atom is 0.243 e. The van der Waals surface area contributed by atoms with E-state index >= 15 is 0 Å². The summed E-state index contributed by atoms with van der Waals surface area (Å²) in [5, 5.41) is 0. The largest absolute Gasteiger partial charge is 0.454 e. The summed E-state index contributed by atoms with van der Waals surface area (Å²) in [7, 11) is -3.53. The lowest BCUT2D eigenvalue weighted by atomic mass is 10.2. The van der Waals surface area contributed by atoms with Gasteiger partial charge in [-0.1, -0.05) is 32.0 Å². The van der Waals surface area contributed by atoms with Gasteiger partial charge in [-0.3, -0.25) is 0 Å². The van der Waals surface area contributed by atoms with Crippen LogP contribution in [0.5, 0.6) is 11.5 Å². The monoisotopic (exact) mass is 347 g/mol. The third kappa shape index (κ3) is 3.25. The fourth-order valence-electron chi connectivity index (χ4n) is 2.66. The lowest BCUT2D eigenvalue weighted by molar-refractivity contribution is 0.174. The van der Waals surface area contributed by atoms with Crippen molar-refractivity contribution in [1.82, 2.24) is 4.31 Å². The van der Waals surface area contributed by atoms with Gasteiger partial charge in [0.25, 0.3) is 0 Å². The average molecular weight is 347 g/mol. The number of aryl methyl sites for hydroxylation is 1. The molecule has 0 unspecified atom stereocenters. The zero-order valence-corrected chi connectivity index (χ0v) is 14.7. The Labute approximate surface area is 142 Å². The molecule has 0 N–H and O–H groups in total. The topological polar surface area (TPSA) is 55.8 Å². The van der Waals surface area contributed by atoms with E-state index in [-0.39, 0.29) is 6.79 Å². The molecular weight excluding hydrogens is 326 g/mol. The van der Waals surface area contributed by atoms with Crippen molar-refractivity contribution in [3.05, 3.63) is 53.6 Å². The third-order valence-electron chi connectivity index (χ3n) is 4.12. The molecule has 0 spiro atoms. The smallest absolute Gasteiger partial charge is 0.243 e. The standard InChI is InChI=1S/C18H21NO4S/c1-3-14-5-8-16(9-6-14)24(20,21)19(4-2)12-15-7-10-17-18(11-15)23-13-22-17/h5-11H,3-4,12-13H2,1-2H3. The molecule has 0 amide bonds. The second-order valence-electron chi connectivity index (χ2n) is 5.62. The summed E-state index contributed by atoms with van der Waals surface area (Å²) >= 11 is 0. The van der Waals surface area contributed by atoms with Crippen molar-refractivity contribution in [2.45, 2.75) is 31.7 Å². The minimum atomic E-state index is -3.53. The quantitative estimate of drug-likeness (QED) is 0.805. The number of fused-ring (bicyclic) bond motifs is 1. The van der Waals surface area contributed by atoms with Crippen LogP contribution in [-0.4, -0.2) is 26.1 Å². The lowest BCUT2D eigenvalue weighted by Gasteiger charge is -2.21. The van der Waals surface area contributed by atoms with Gasteiger partial charge < -0.3 is 9.47 Å². The Balaban J connectivity index is 1.84. The van der Waals surface area contributed by atoms with Crippen LogP contribution in [0.2, 0.25) is 0 Å². The Morgan fingerprint density at radius 2 is 1.62 bits per heavy atom. The molecule has 2 aromatic carbocycles. The van der Waals surface area contributed by atoms with Crippen LogP contribution in [0.25, 0.3) is 0 Å². The summed E-state index contributed by atoms with van der Waals surface area (Å²) in [5.41, 5.74) is 1.99. The number of ether oxygens (including phenoxy) is 2. The molecule has 0 saturated heterocycles. The highest BCUT2D eigenvalue weighted by molar-refractivity contribution is 7.89. The first-order valence-electron chi connectivity index (χ1n) is 8.02. The van der Waals surface area contributed by atoms with E-state index in [0.29, 0.717) is 29.5 Å². The molecule has 6 heteroatoms. The van der Waals surface area contributed by atoms with Crippen LogP contribution in [0.3, 0.4) is 0 Å². The predicted molar refractivity (Wildman–Crippen MR) is 91.7 cm³/mol. The number of rotatable bonds is 6. The van der Waals surface area contributed by atoms with Crippen LogP contribution in [0, 0.1) is 0 Å². The van der Waals surface area contributed by atoms with E-state index < -0.39 is 10.0 Å². The molecule has 1 aliphatic heterocycles. The summed E-state index contributed by atoms with van der Waals surface area (Å²) in [6, 6.07) is 12.6. The number of hydrogen-bond donors (Lipinski definition) is 0. The Morgan fingerprint density at radius 3 is 2.29 bits per heavy atom. The van der Waals surface area contributed by atoms with Crippen LogP contribution >= 0.6 is 0 Å². The fourth-order valence-corrected chi connectivity index (χ4v) is 4.09. The maximum atomic E-state index is 12.9. The summed E-state index contributed by atoms with van der Waals surface area (Å²) in [5.74, 6) is 1.35. The molecule has 24 heavy (non-hydrogen) atoms. The molecule has 0 bridgehead atoms. The molecule has 3 rings (SSSR count). The molecule has 128 valence electrons. The minimum Gasteiger partial charge on any atom is -0.454 e. The van der Waals surface area contributed by atoms with Crippen molar-refractivity contribution in [2.75, 3.05) is 13.3 Å². The summed E-state index contributed by atoms with van der Waals surface area (Å²) in [6.07, 6.45) is 0.884. The first-order chi connectivity index (χ1) is 11.5. The van der Waals surface area contributed by atoms with E-state index in [0.717, 1.165) is 17.5 Å². The second kappa shape index (κ2) is 6.83. The van der Waals surface area contributed by atoms with Gasteiger partial charge in [0.2, 0.25) is 16.8 Å². The molecule has 1 aliphatic rings. The molecule has 0 fully saturated rings. The SMILES string of the molecule is CCc1ccc(S(=O)(=O)N(CC)Cc2ccc3c(c2)OCO3)cc1. The fraction of sp³-hybridized carbons (Fsp3) is 0.333. The summed E-state index contributed by atoms with van der Waals surface area (Å²) in [4.78, 5) is 0.322. The maximum absolute atomic E-state index is 12.9. The van der Waals surface area contributed by atoms with Crippen LogP contribution in [0.1, 0.15) is 25.0 Å². The normalized spacial score (nSPS) is 13.5. The highest BCUT2D eigenvalue weighted by Crippen LogP contribution is 2.33. The highest BCUT2D eigenvalue weighted by Gasteiger charge is 2.24. The van der Waals surface area contributed by atoms with Gasteiger partial charge in [0.1, 0.15) is 0 Å². The average Bonchev–Trinajstić information content (AvgIpc) is 3.07. The highest BCUT2D eigenvalue weighted by atomic mass is 32.2. The molecule has 5 nitrogen and oxygen atoms in total. The van der Waals surface area contributed by atoms with Crippen LogP contribution in [0.15, 0.2) is 47.4 Å². The van der Waals surface area contributed by atoms with Crippen molar-refractivity contribution in [3.63, 3.8) is 0 Å². The van der Waals surface area contributed by atoms with Crippen molar-refractivity contribution < 1.29 is 17.9 Å². The van der Waals surface area contributed by atoms with Gasteiger partial charge in [-0.15, -0.1) is 0 Å². The van der Waals surface area contributed by atoms with Gasteiger partial charge in [0.15, 0.2) is 11.5 Å². The molecule has 1 heterocycles. The van der Waals surface area contributed by atoms with Crippen molar-refractivity contribution >= 4 is 10.0 Å². The van der Waals surface area contributed by atoms with Gasteiger partial charge in [0.05, 0.1) is 4.90 Å². The zero-order valence-electron chi connectivity index (χ0n) is 13.9. The molecule has 0 aromatic heterocycles. The third-order valence-corrected chi connectivity index (χ3v) is 6.05. The zero-order chi connectivity index (χ0) is 17.2. The van der Waals surface area contributed by atoms with Gasteiger partial charge in [-0.05, 0) is 41.8 Å². The molecule has 0 saturated carbocycles. The molecular formula is C18H21NO4S. The van der Waals surface area contributed by atoms with Crippen LogP contribution in [-0.2, 0) is 23.0 Å². The Bertz CT molecular complexity index is 815. The number of benzene rings is 2. The van der Waals surface area contributed by atoms with Crippen LogP contribution < -0.4 is 9.47 Å². The van der Waals surface area contributed by atoms with Crippen molar-refractivity contribution in [2.24, 2.45) is 0 Å². The van der Waals surface area contributed by atoms with E-state index in [1.54, 1.807) is 12.1 Å². The predicted octanol–water partition coefficient (Wildman–Crippen LogP) is 3.19. The van der Waals surface area contributed by atoms with Gasteiger partial charge in [-0.25, -0.2) is 8.42 Å². The number of nitrogens with zero attached hydrogens (tertiary/aromatic N) is 1.